The Morgan fingerprint density at radius 3 is 2.77 bits per heavy atom. The number of amides is 1. The third-order valence-corrected chi connectivity index (χ3v) is 5.56. The van der Waals surface area contributed by atoms with Crippen LogP contribution in [0.15, 0.2) is 41.5 Å². The van der Waals surface area contributed by atoms with E-state index in [0.717, 1.165) is 48.9 Å². The number of hydrogen-bond acceptors (Lipinski definition) is 4. The van der Waals surface area contributed by atoms with Gasteiger partial charge in [0.2, 0.25) is 0 Å². The Labute approximate surface area is 175 Å². The van der Waals surface area contributed by atoms with Crippen molar-refractivity contribution in [1.29, 1.82) is 0 Å². The molecule has 0 unspecified atom stereocenters. The van der Waals surface area contributed by atoms with E-state index in [4.69, 9.17) is 4.74 Å². The van der Waals surface area contributed by atoms with Crippen LogP contribution < -0.4 is 10.9 Å². The lowest BCUT2D eigenvalue weighted by Gasteiger charge is -2.10. The monoisotopic (exact) mass is 408 g/mol. The number of ether oxygens (including phenoxy) is 1. The van der Waals surface area contributed by atoms with Crippen molar-refractivity contribution >= 4 is 11.4 Å². The van der Waals surface area contributed by atoms with Crippen molar-refractivity contribution in [3.05, 3.63) is 69.4 Å². The summed E-state index contributed by atoms with van der Waals surface area (Å²) in [6.07, 6.45) is 8.56. The zero-order chi connectivity index (χ0) is 20.9. The van der Waals surface area contributed by atoms with E-state index >= 15 is 0 Å². The van der Waals surface area contributed by atoms with Gasteiger partial charge in [-0.2, -0.15) is 5.10 Å². The van der Waals surface area contributed by atoms with Crippen LogP contribution in [-0.4, -0.2) is 39.8 Å². The Morgan fingerprint density at radius 2 is 1.97 bits per heavy atom. The second-order valence-corrected chi connectivity index (χ2v) is 7.66. The lowest BCUT2D eigenvalue weighted by atomic mass is 9.97. The Balaban J connectivity index is 1.44. The first-order chi connectivity index (χ1) is 14.7. The van der Waals surface area contributed by atoms with Gasteiger partial charge in [0, 0.05) is 43.3 Å². The SMILES string of the molecule is CCOCCCNC(=O)c1ccc(Cn2ccn3nc4c(c3c2=O)CCCC4)cc1. The van der Waals surface area contributed by atoms with E-state index in [2.05, 4.69) is 10.4 Å². The van der Waals surface area contributed by atoms with E-state index in [0.29, 0.717) is 37.4 Å². The molecule has 0 atom stereocenters. The first kappa shape index (κ1) is 20.3. The minimum Gasteiger partial charge on any atom is -0.382 e. The van der Waals surface area contributed by atoms with Gasteiger partial charge < -0.3 is 14.6 Å². The van der Waals surface area contributed by atoms with E-state index < -0.39 is 0 Å². The molecular weight excluding hydrogens is 380 g/mol. The van der Waals surface area contributed by atoms with Gasteiger partial charge in [0.05, 0.1) is 12.2 Å². The minimum absolute atomic E-state index is 0.00994. The van der Waals surface area contributed by atoms with Gasteiger partial charge in [0.25, 0.3) is 11.5 Å². The molecule has 1 aliphatic rings. The quantitative estimate of drug-likeness (QED) is 0.581. The van der Waals surface area contributed by atoms with E-state index in [-0.39, 0.29) is 11.5 Å². The molecular formula is C23H28N4O3. The van der Waals surface area contributed by atoms with Crippen LogP contribution in [0.25, 0.3) is 5.52 Å². The summed E-state index contributed by atoms with van der Waals surface area (Å²) in [7, 11) is 0. The van der Waals surface area contributed by atoms with Crippen LogP contribution in [0.3, 0.4) is 0 Å². The second-order valence-electron chi connectivity index (χ2n) is 7.66. The number of aryl methyl sites for hydroxylation is 2. The molecule has 30 heavy (non-hydrogen) atoms. The molecule has 0 spiro atoms. The van der Waals surface area contributed by atoms with E-state index in [9.17, 15) is 9.59 Å². The molecule has 158 valence electrons. The summed E-state index contributed by atoms with van der Waals surface area (Å²) in [5.41, 5.74) is 4.45. The fraction of sp³-hybridized carbons (Fsp3) is 0.435. The van der Waals surface area contributed by atoms with E-state index in [1.807, 2.05) is 25.3 Å². The summed E-state index contributed by atoms with van der Waals surface area (Å²) in [6, 6.07) is 7.41. The number of fused-ring (bicyclic) bond motifs is 3. The molecule has 2 heterocycles. The Hall–Kier alpha value is -2.93. The van der Waals surface area contributed by atoms with Gasteiger partial charge in [-0.1, -0.05) is 12.1 Å². The zero-order valence-corrected chi connectivity index (χ0v) is 17.4. The van der Waals surface area contributed by atoms with Crippen LogP contribution in [0.4, 0.5) is 0 Å². The van der Waals surface area contributed by atoms with Gasteiger partial charge in [-0.25, -0.2) is 4.52 Å². The zero-order valence-electron chi connectivity index (χ0n) is 17.4. The molecule has 0 fully saturated rings. The van der Waals surface area contributed by atoms with Gasteiger partial charge in [-0.3, -0.25) is 9.59 Å². The number of aromatic nitrogens is 3. The maximum absolute atomic E-state index is 13.1. The molecule has 0 radical (unpaired) electrons. The minimum atomic E-state index is -0.0949. The molecule has 3 aromatic rings. The molecule has 1 aromatic carbocycles. The number of benzene rings is 1. The Kier molecular flexibility index (Phi) is 6.28. The summed E-state index contributed by atoms with van der Waals surface area (Å²) in [4.78, 5) is 25.3. The van der Waals surface area contributed by atoms with Crippen molar-refractivity contribution in [2.75, 3.05) is 19.8 Å². The highest BCUT2D eigenvalue weighted by Crippen LogP contribution is 2.22. The molecule has 0 saturated carbocycles. The van der Waals surface area contributed by atoms with Crippen molar-refractivity contribution in [3.8, 4) is 0 Å². The van der Waals surface area contributed by atoms with E-state index in [1.54, 1.807) is 27.4 Å². The third-order valence-electron chi connectivity index (χ3n) is 5.56. The molecule has 1 amide bonds. The number of nitrogens with zero attached hydrogens (tertiary/aromatic N) is 3. The smallest absolute Gasteiger partial charge is 0.277 e. The fourth-order valence-electron chi connectivity index (χ4n) is 3.96. The summed E-state index contributed by atoms with van der Waals surface area (Å²) < 4.78 is 8.72. The molecule has 1 N–H and O–H groups in total. The Bertz CT molecular complexity index is 1080. The van der Waals surface area contributed by atoms with Crippen molar-refractivity contribution in [2.45, 2.75) is 45.6 Å². The average molecular weight is 409 g/mol. The first-order valence-electron chi connectivity index (χ1n) is 10.7. The first-order valence-corrected chi connectivity index (χ1v) is 10.7. The van der Waals surface area contributed by atoms with Crippen LogP contribution in [0, 0.1) is 0 Å². The number of hydrogen-bond donors (Lipinski definition) is 1. The molecule has 0 saturated heterocycles. The van der Waals surface area contributed by atoms with Gasteiger partial charge in [0.1, 0.15) is 5.52 Å². The van der Waals surface area contributed by atoms with E-state index in [1.165, 1.54) is 0 Å². The number of nitrogens with one attached hydrogen (secondary N) is 1. The largest absolute Gasteiger partial charge is 0.382 e. The predicted molar refractivity (Wildman–Crippen MR) is 115 cm³/mol. The number of rotatable bonds is 8. The van der Waals surface area contributed by atoms with Crippen molar-refractivity contribution in [2.24, 2.45) is 0 Å². The maximum Gasteiger partial charge on any atom is 0.277 e. The fourth-order valence-corrected chi connectivity index (χ4v) is 3.96. The van der Waals surface area contributed by atoms with Crippen LogP contribution in [0.1, 0.15) is 53.4 Å². The average Bonchev–Trinajstić information content (AvgIpc) is 3.15. The molecule has 2 aromatic heterocycles. The van der Waals surface area contributed by atoms with Crippen LogP contribution in [-0.2, 0) is 24.1 Å². The van der Waals surface area contributed by atoms with Crippen molar-refractivity contribution < 1.29 is 9.53 Å². The molecule has 0 aliphatic heterocycles. The van der Waals surface area contributed by atoms with Gasteiger partial charge in [-0.05, 0) is 56.7 Å². The molecule has 4 rings (SSSR count). The Morgan fingerprint density at radius 1 is 1.17 bits per heavy atom. The van der Waals surface area contributed by atoms with Gasteiger partial charge in [-0.15, -0.1) is 0 Å². The topological polar surface area (TPSA) is 77.6 Å². The third kappa shape index (κ3) is 4.31. The highest BCUT2D eigenvalue weighted by atomic mass is 16.5. The standard InChI is InChI=1S/C23H28N4O3/c1-2-30-15-5-12-24-22(28)18-10-8-17(9-11-18)16-26-13-14-27-21(23(26)29)19-6-3-4-7-20(19)25-27/h8-11,13-14H,2-7,12,15-16H2,1H3,(H,24,28). The highest BCUT2D eigenvalue weighted by Gasteiger charge is 2.19. The lowest BCUT2D eigenvalue weighted by molar-refractivity contribution is 0.0944. The highest BCUT2D eigenvalue weighted by molar-refractivity contribution is 5.94. The lowest BCUT2D eigenvalue weighted by Crippen LogP contribution is -2.25. The summed E-state index contributed by atoms with van der Waals surface area (Å²) in [5.74, 6) is -0.0949. The summed E-state index contributed by atoms with van der Waals surface area (Å²) >= 11 is 0. The van der Waals surface area contributed by atoms with Crippen LogP contribution in [0.5, 0.6) is 0 Å². The van der Waals surface area contributed by atoms with Crippen molar-refractivity contribution in [1.82, 2.24) is 19.5 Å². The second kappa shape index (κ2) is 9.26. The van der Waals surface area contributed by atoms with Crippen LogP contribution in [0.2, 0.25) is 0 Å². The molecule has 7 nitrogen and oxygen atoms in total. The number of carbonyl (C=O) groups is 1. The maximum atomic E-state index is 13.1. The molecule has 7 heteroatoms. The predicted octanol–water partition coefficient (Wildman–Crippen LogP) is 2.58. The normalized spacial score (nSPS) is 13.4. The van der Waals surface area contributed by atoms with Crippen molar-refractivity contribution in [3.63, 3.8) is 0 Å². The number of carbonyl (C=O) groups excluding carboxylic acids is 1. The summed E-state index contributed by atoms with van der Waals surface area (Å²) in [5, 5.41) is 7.48. The molecule has 1 aliphatic carbocycles. The van der Waals surface area contributed by atoms with Gasteiger partial charge >= 0.3 is 0 Å². The van der Waals surface area contributed by atoms with Gasteiger partial charge in [0.15, 0.2) is 0 Å². The van der Waals surface area contributed by atoms with Crippen LogP contribution >= 0.6 is 0 Å². The summed E-state index contributed by atoms with van der Waals surface area (Å²) in [6.45, 7) is 4.34. The molecule has 0 bridgehead atoms.